The van der Waals surface area contributed by atoms with Crippen LogP contribution in [0.15, 0.2) is 18.2 Å². The number of halogens is 1. The number of imidazole rings is 1. The predicted octanol–water partition coefficient (Wildman–Crippen LogP) is 4.81. The molecule has 110 valence electrons. The van der Waals surface area contributed by atoms with Crippen LogP contribution in [0.3, 0.4) is 0 Å². The van der Waals surface area contributed by atoms with Crippen molar-refractivity contribution < 1.29 is 0 Å². The van der Waals surface area contributed by atoms with Gasteiger partial charge in [0.05, 0.1) is 11.0 Å². The molecule has 3 heteroatoms. The van der Waals surface area contributed by atoms with Crippen LogP contribution >= 0.6 is 11.6 Å². The van der Waals surface area contributed by atoms with Gasteiger partial charge in [-0.3, -0.25) is 0 Å². The third kappa shape index (κ3) is 2.85. The minimum Gasteiger partial charge on any atom is -0.327 e. The molecule has 2 nitrogen and oxygen atoms in total. The smallest absolute Gasteiger partial charge is 0.111 e. The van der Waals surface area contributed by atoms with Crippen molar-refractivity contribution in [1.29, 1.82) is 0 Å². The summed E-state index contributed by atoms with van der Waals surface area (Å²) in [6, 6.07) is 6.41. The molecule has 1 aromatic heterocycles. The second kappa shape index (κ2) is 5.77. The van der Waals surface area contributed by atoms with Gasteiger partial charge in [0.2, 0.25) is 0 Å². The maximum atomic E-state index is 5.96. The number of hydrogen-bond acceptors (Lipinski definition) is 1. The van der Waals surface area contributed by atoms with Crippen LogP contribution in [0.1, 0.15) is 39.1 Å². The highest BCUT2D eigenvalue weighted by Crippen LogP contribution is 2.31. The van der Waals surface area contributed by atoms with E-state index in [1.54, 1.807) is 0 Å². The summed E-state index contributed by atoms with van der Waals surface area (Å²) in [7, 11) is 0. The number of aromatic nitrogens is 2. The van der Waals surface area contributed by atoms with E-state index in [4.69, 9.17) is 16.6 Å². The van der Waals surface area contributed by atoms with Gasteiger partial charge in [-0.2, -0.15) is 0 Å². The first-order valence-corrected chi connectivity index (χ1v) is 7.91. The molecule has 2 aromatic rings. The predicted molar refractivity (Wildman–Crippen MR) is 87.5 cm³/mol. The molecule has 0 aliphatic heterocycles. The molecule has 20 heavy (non-hydrogen) atoms. The Hall–Kier alpha value is -1.02. The topological polar surface area (TPSA) is 17.8 Å². The highest BCUT2D eigenvalue weighted by Gasteiger charge is 2.25. The van der Waals surface area contributed by atoms with Crippen molar-refractivity contribution >= 4 is 22.6 Å². The molecular formula is C17H25ClN2. The zero-order valence-corrected chi connectivity index (χ0v) is 14.0. The Bertz CT molecular complexity index is 596. The van der Waals surface area contributed by atoms with Gasteiger partial charge in [0.15, 0.2) is 0 Å². The lowest BCUT2D eigenvalue weighted by molar-refractivity contribution is 0.210. The number of benzene rings is 1. The highest BCUT2D eigenvalue weighted by molar-refractivity contribution is 6.17. The lowest BCUT2D eigenvalue weighted by Crippen LogP contribution is -2.26. The van der Waals surface area contributed by atoms with Crippen LogP contribution in [-0.4, -0.2) is 15.4 Å². The molecule has 0 saturated heterocycles. The fourth-order valence-corrected chi connectivity index (χ4v) is 2.55. The monoisotopic (exact) mass is 292 g/mol. The van der Waals surface area contributed by atoms with E-state index in [1.165, 1.54) is 11.1 Å². The van der Waals surface area contributed by atoms with Gasteiger partial charge < -0.3 is 4.57 Å². The maximum Gasteiger partial charge on any atom is 0.111 e. The van der Waals surface area contributed by atoms with E-state index in [-0.39, 0.29) is 5.41 Å². The first-order chi connectivity index (χ1) is 9.36. The van der Waals surface area contributed by atoms with Gasteiger partial charge in [-0.15, -0.1) is 11.6 Å². The first-order valence-electron chi connectivity index (χ1n) is 7.37. The van der Waals surface area contributed by atoms with Crippen LogP contribution < -0.4 is 0 Å². The molecule has 0 saturated carbocycles. The third-order valence-corrected chi connectivity index (χ3v) is 4.70. The van der Waals surface area contributed by atoms with Crippen molar-refractivity contribution in [3.8, 4) is 0 Å². The molecule has 0 radical (unpaired) electrons. The van der Waals surface area contributed by atoms with E-state index < -0.39 is 0 Å². The van der Waals surface area contributed by atoms with Crippen LogP contribution in [0.25, 0.3) is 11.0 Å². The van der Waals surface area contributed by atoms with Gasteiger partial charge >= 0.3 is 0 Å². The first kappa shape index (κ1) is 15.4. The molecule has 0 unspecified atom stereocenters. The normalized spacial score (nSPS) is 12.6. The van der Waals surface area contributed by atoms with Gasteiger partial charge in [0.1, 0.15) is 5.82 Å². The van der Waals surface area contributed by atoms with E-state index in [0.717, 1.165) is 24.3 Å². The second-order valence-corrected chi connectivity index (χ2v) is 7.02. The van der Waals surface area contributed by atoms with E-state index >= 15 is 0 Å². The second-order valence-electron chi connectivity index (χ2n) is 6.64. The van der Waals surface area contributed by atoms with E-state index in [2.05, 4.69) is 57.4 Å². The fraction of sp³-hybridized carbons (Fsp3) is 0.588. The molecule has 1 aromatic carbocycles. The molecule has 0 N–H and O–H groups in total. The Morgan fingerprint density at radius 2 is 2.00 bits per heavy atom. The summed E-state index contributed by atoms with van der Waals surface area (Å²) in [5.74, 6) is 2.34. The van der Waals surface area contributed by atoms with Crippen LogP contribution in [0.2, 0.25) is 0 Å². The number of nitrogens with zero attached hydrogens (tertiary/aromatic N) is 2. The zero-order valence-electron chi connectivity index (χ0n) is 13.2. The largest absolute Gasteiger partial charge is 0.327 e. The summed E-state index contributed by atoms with van der Waals surface area (Å²) in [4.78, 5) is 4.82. The summed E-state index contributed by atoms with van der Waals surface area (Å²) in [5, 5.41) is 0. The average molecular weight is 293 g/mol. The van der Waals surface area contributed by atoms with Gasteiger partial charge in [0, 0.05) is 18.8 Å². The number of hydrogen-bond donors (Lipinski definition) is 0. The molecular weight excluding hydrogens is 268 g/mol. The van der Waals surface area contributed by atoms with Crippen molar-refractivity contribution in [2.75, 3.05) is 5.88 Å². The number of fused-ring (bicyclic) bond motifs is 1. The maximum absolute atomic E-state index is 5.96. The number of alkyl halides is 1. The van der Waals surface area contributed by atoms with E-state index in [1.807, 2.05) is 0 Å². The molecule has 2 rings (SSSR count). The molecule has 1 heterocycles. The fourth-order valence-electron chi connectivity index (χ4n) is 2.38. The number of rotatable bonds is 5. The molecule has 0 aliphatic carbocycles. The standard InChI is InChI=1S/C17H25ClN2/c1-12(2)17(4,5)11-20-14-8-6-7-13(3)16(14)19-15(20)9-10-18/h6-8,12H,9-11H2,1-5H3. The van der Waals surface area contributed by atoms with E-state index in [9.17, 15) is 0 Å². The van der Waals surface area contributed by atoms with Gasteiger partial charge in [-0.1, -0.05) is 39.8 Å². The van der Waals surface area contributed by atoms with Crippen LogP contribution in [0.5, 0.6) is 0 Å². The molecule has 0 bridgehead atoms. The van der Waals surface area contributed by atoms with Crippen molar-refractivity contribution in [3.05, 3.63) is 29.6 Å². The number of para-hydroxylation sites is 1. The summed E-state index contributed by atoms with van der Waals surface area (Å²) < 4.78 is 2.37. The SMILES string of the molecule is Cc1cccc2c1nc(CCCl)n2CC(C)(C)C(C)C. The Labute approximate surface area is 127 Å². The van der Waals surface area contributed by atoms with Gasteiger partial charge in [-0.25, -0.2) is 4.98 Å². The Kier molecular flexibility index (Phi) is 4.43. The van der Waals surface area contributed by atoms with Crippen LogP contribution in [-0.2, 0) is 13.0 Å². The van der Waals surface area contributed by atoms with Crippen molar-refractivity contribution in [3.63, 3.8) is 0 Å². The van der Waals surface area contributed by atoms with Gasteiger partial charge in [-0.05, 0) is 29.9 Å². The summed E-state index contributed by atoms with van der Waals surface area (Å²) in [6.45, 7) is 12.3. The third-order valence-electron chi connectivity index (χ3n) is 4.51. The molecule has 0 aliphatic rings. The average Bonchev–Trinajstić information content (AvgIpc) is 2.69. The molecule has 0 spiro atoms. The number of aryl methyl sites for hydroxylation is 2. The highest BCUT2D eigenvalue weighted by atomic mass is 35.5. The zero-order chi connectivity index (χ0) is 14.9. The van der Waals surface area contributed by atoms with Crippen molar-refractivity contribution in [1.82, 2.24) is 9.55 Å². The summed E-state index contributed by atoms with van der Waals surface area (Å²) in [6.07, 6.45) is 0.823. The van der Waals surface area contributed by atoms with Crippen LogP contribution in [0.4, 0.5) is 0 Å². The lowest BCUT2D eigenvalue weighted by Gasteiger charge is -2.30. The van der Waals surface area contributed by atoms with Gasteiger partial charge in [0.25, 0.3) is 0 Å². The Balaban J connectivity index is 2.54. The summed E-state index contributed by atoms with van der Waals surface area (Å²) >= 11 is 5.96. The van der Waals surface area contributed by atoms with E-state index in [0.29, 0.717) is 11.8 Å². The molecule has 0 amide bonds. The minimum atomic E-state index is 0.235. The quantitative estimate of drug-likeness (QED) is 0.723. The summed E-state index contributed by atoms with van der Waals surface area (Å²) in [5.41, 5.74) is 3.82. The minimum absolute atomic E-state index is 0.235. The van der Waals surface area contributed by atoms with Crippen molar-refractivity contribution in [2.45, 2.75) is 47.6 Å². The van der Waals surface area contributed by atoms with Crippen LogP contribution in [0, 0.1) is 18.3 Å². The Morgan fingerprint density at radius 3 is 2.60 bits per heavy atom. The molecule has 0 fully saturated rings. The Morgan fingerprint density at radius 1 is 1.30 bits per heavy atom. The van der Waals surface area contributed by atoms with Crippen molar-refractivity contribution in [2.24, 2.45) is 11.3 Å². The molecule has 0 atom stereocenters. The lowest BCUT2D eigenvalue weighted by atomic mass is 9.81.